The van der Waals surface area contributed by atoms with Gasteiger partial charge in [-0.05, 0) is 54.3 Å². The van der Waals surface area contributed by atoms with Crippen LogP contribution in [0.15, 0.2) is 53.2 Å². The third kappa shape index (κ3) is 5.28. The number of aliphatic imine (C=N–C) groups is 1. The van der Waals surface area contributed by atoms with Crippen LogP contribution in [0.5, 0.6) is 0 Å². The summed E-state index contributed by atoms with van der Waals surface area (Å²) in [6.07, 6.45) is 2.72. The molecule has 2 aromatic rings. The molecule has 6 nitrogen and oxygen atoms in total. The number of nitrogens with one attached hydrogen (secondary N) is 3. The molecule has 0 saturated carbocycles. The first kappa shape index (κ1) is 21.2. The minimum Gasteiger partial charge on any atom is -0.361 e. The number of carbonyl (C=O) groups is 2. The lowest BCUT2D eigenvalue weighted by Gasteiger charge is -2.18. The van der Waals surface area contributed by atoms with Crippen LogP contribution in [-0.4, -0.2) is 24.2 Å². The quantitative estimate of drug-likeness (QED) is 0.682. The summed E-state index contributed by atoms with van der Waals surface area (Å²) in [4.78, 5) is 28.8. The molecular weight excluding hydrogens is 390 g/mol. The van der Waals surface area contributed by atoms with Gasteiger partial charge in [0.05, 0.1) is 6.34 Å². The largest absolute Gasteiger partial charge is 0.361 e. The van der Waals surface area contributed by atoms with Crippen molar-refractivity contribution in [3.8, 4) is 0 Å². The van der Waals surface area contributed by atoms with E-state index in [0.29, 0.717) is 11.1 Å². The van der Waals surface area contributed by atoms with Gasteiger partial charge in [-0.2, -0.15) is 0 Å². The Morgan fingerprint density at radius 2 is 1.53 bits per heavy atom. The van der Waals surface area contributed by atoms with Crippen molar-refractivity contribution in [1.82, 2.24) is 16.0 Å². The molecule has 8 heteroatoms. The van der Waals surface area contributed by atoms with Crippen LogP contribution in [0, 0.1) is 25.5 Å². The summed E-state index contributed by atoms with van der Waals surface area (Å²) in [5.74, 6) is -1.39. The Morgan fingerprint density at radius 3 is 2.10 bits per heavy atom. The molecule has 0 aromatic heterocycles. The first-order valence-electron chi connectivity index (χ1n) is 9.40. The number of aryl methyl sites for hydroxylation is 2. The van der Waals surface area contributed by atoms with Crippen molar-refractivity contribution >= 4 is 18.2 Å². The second-order valence-electron chi connectivity index (χ2n) is 7.02. The van der Waals surface area contributed by atoms with E-state index in [0.717, 1.165) is 11.1 Å². The molecule has 3 N–H and O–H groups in total. The zero-order valence-corrected chi connectivity index (χ0v) is 16.6. The van der Waals surface area contributed by atoms with Crippen LogP contribution in [0.4, 0.5) is 8.78 Å². The fraction of sp³-hybridized carbons (Fsp3) is 0.227. The minimum atomic E-state index is -0.766. The number of carbonyl (C=O) groups excluding carboxylic acids is 2. The van der Waals surface area contributed by atoms with E-state index in [2.05, 4.69) is 20.9 Å². The smallest absolute Gasteiger partial charge is 0.269 e. The van der Waals surface area contributed by atoms with Crippen LogP contribution in [-0.2, 0) is 22.7 Å². The van der Waals surface area contributed by atoms with E-state index in [9.17, 15) is 18.4 Å². The van der Waals surface area contributed by atoms with Crippen LogP contribution in [0.1, 0.15) is 22.3 Å². The topological polar surface area (TPSA) is 82.6 Å². The van der Waals surface area contributed by atoms with Gasteiger partial charge in [0.1, 0.15) is 23.4 Å². The summed E-state index contributed by atoms with van der Waals surface area (Å²) in [7, 11) is 0. The highest BCUT2D eigenvalue weighted by atomic mass is 19.1. The molecule has 3 rings (SSSR count). The van der Waals surface area contributed by atoms with E-state index < -0.39 is 11.9 Å². The van der Waals surface area contributed by atoms with Gasteiger partial charge in [0, 0.05) is 13.1 Å². The Morgan fingerprint density at radius 1 is 0.967 bits per heavy atom. The Bertz CT molecular complexity index is 1030. The van der Waals surface area contributed by atoms with Crippen LogP contribution in [0.2, 0.25) is 0 Å². The maximum Gasteiger partial charge on any atom is 0.269 e. The molecule has 0 bridgehead atoms. The molecule has 1 aliphatic heterocycles. The lowest BCUT2D eigenvalue weighted by molar-refractivity contribution is -0.121. The highest BCUT2D eigenvalue weighted by Crippen LogP contribution is 2.11. The van der Waals surface area contributed by atoms with Gasteiger partial charge in [-0.3, -0.25) is 9.59 Å². The van der Waals surface area contributed by atoms with E-state index in [-0.39, 0.29) is 36.3 Å². The average molecular weight is 412 g/mol. The standard InChI is InChI=1S/C22H22F2N4O2/c1-13-7-15(3-5-17(13)23)10-25-21(29)19-9-20(28-12-27-19)22(30)26-11-16-4-6-18(24)14(2)8-16/h3-9,12,19H,10-11H2,1-2H3,(H,25,29)(H,26,30)(H,27,28). The molecule has 0 spiro atoms. The molecule has 1 unspecified atom stereocenters. The summed E-state index contributed by atoms with van der Waals surface area (Å²) in [5, 5.41) is 8.24. The van der Waals surface area contributed by atoms with Crippen LogP contribution in [0.25, 0.3) is 0 Å². The van der Waals surface area contributed by atoms with E-state index >= 15 is 0 Å². The van der Waals surface area contributed by atoms with Gasteiger partial charge in [0.15, 0.2) is 0 Å². The molecule has 2 aromatic carbocycles. The lowest BCUT2D eigenvalue weighted by Crippen LogP contribution is -2.44. The van der Waals surface area contributed by atoms with Gasteiger partial charge in [0.25, 0.3) is 5.91 Å². The number of rotatable bonds is 6. The fourth-order valence-corrected chi connectivity index (χ4v) is 2.93. The second kappa shape index (κ2) is 9.30. The zero-order chi connectivity index (χ0) is 21.7. The molecular formula is C22H22F2N4O2. The van der Waals surface area contributed by atoms with E-state index in [1.807, 2.05) is 0 Å². The van der Waals surface area contributed by atoms with Crippen molar-refractivity contribution in [3.05, 3.63) is 82.1 Å². The van der Waals surface area contributed by atoms with Crippen molar-refractivity contribution in [2.45, 2.75) is 33.0 Å². The van der Waals surface area contributed by atoms with Gasteiger partial charge in [-0.25, -0.2) is 13.8 Å². The Kier molecular flexibility index (Phi) is 6.56. The van der Waals surface area contributed by atoms with E-state index in [1.165, 1.54) is 24.5 Å². The number of hydrogen-bond donors (Lipinski definition) is 3. The number of amides is 2. The summed E-state index contributed by atoms with van der Waals surface area (Å²) in [6.45, 7) is 3.74. The Hall–Kier alpha value is -3.55. The normalized spacial score (nSPS) is 15.2. The molecule has 0 aliphatic carbocycles. The first-order chi connectivity index (χ1) is 14.3. The summed E-state index contributed by atoms with van der Waals surface area (Å²) in [6, 6.07) is 8.45. The van der Waals surface area contributed by atoms with Gasteiger partial charge in [0.2, 0.25) is 5.91 Å². The van der Waals surface area contributed by atoms with Crippen molar-refractivity contribution in [3.63, 3.8) is 0 Å². The molecule has 1 atom stereocenters. The fourth-order valence-electron chi connectivity index (χ4n) is 2.93. The molecule has 2 amide bonds. The van der Waals surface area contributed by atoms with Crippen LogP contribution >= 0.6 is 0 Å². The Labute approximate surface area is 173 Å². The predicted molar refractivity (Wildman–Crippen MR) is 109 cm³/mol. The molecule has 156 valence electrons. The molecule has 30 heavy (non-hydrogen) atoms. The average Bonchev–Trinajstić information content (AvgIpc) is 2.75. The van der Waals surface area contributed by atoms with Gasteiger partial charge < -0.3 is 16.0 Å². The van der Waals surface area contributed by atoms with Crippen molar-refractivity contribution in [2.75, 3.05) is 0 Å². The third-order valence-electron chi connectivity index (χ3n) is 4.66. The van der Waals surface area contributed by atoms with E-state index in [4.69, 9.17) is 0 Å². The number of benzene rings is 2. The van der Waals surface area contributed by atoms with Gasteiger partial charge >= 0.3 is 0 Å². The summed E-state index contributed by atoms with van der Waals surface area (Å²) < 4.78 is 26.7. The number of halogens is 2. The minimum absolute atomic E-state index is 0.102. The van der Waals surface area contributed by atoms with Gasteiger partial charge in [-0.1, -0.05) is 24.3 Å². The first-order valence-corrected chi connectivity index (χ1v) is 9.40. The van der Waals surface area contributed by atoms with Crippen LogP contribution < -0.4 is 16.0 Å². The number of nitrogens with zero attached hydrogens (tertiary/aromatic N) is 1. The third-order valence-corrected chi connectivity index (χ3v) is 4.66. The molecule has 0 radical (unpaired) electrons. The summed E-state index contributed by atoms with van der Waals surface area (Å²) in [5.41, 5.74) is 2.62. The SMILES string of the molecule is Cc1cc(CNC(=O)C2=CC(C(=O)NCc3ccc(F)c(C)c3)NC=N2)ccc1F. The second-order valence-corrected chi connectivity index (χ2v) is 7.02. The van der Waals surface area contributed by atoms with E-state index in [1.54, 1.807) is 38.1 Å². The van der Waals surface area contributed by atoms with Crippen molar-refractivity contribution in [2.24, 2.45) is 4.99 Å². The molecule has 0 saturated heterocycles. The van der Waals surface area contributed by atoms with Crippen molar-refractivity contribution in [1.29, 1.82) is 0 Å². The number of hydrogen-bond acceptors (Lipinski definition) is 4. The zero-order valence-electron chi connectivity index (χ0n) is 16.6. The molecule has 0 fully saturated rings. The summed E-state index contributed by atoms with van der Waals surface area (Å²) >= 11 is 0. The maximum atomic E-state index is 13.3. The maximum absolute atomic E-state index is 13.3. The monoisotopic (exact) mass is 412 g/mol. The predicted octanol–water partition coefficient (Wildman–Crippen LogP) is 2.40. The highest BCUT2D eigenvalue weighted by molar-refractivity contribution is 5.97. The lowest BCUT2D eigenvalue weighted by atomic mass is 10.1. The van der Waals surface area contributed by atoms with Gasteiger partial charge in [-0.15, -0.1) is 0 Å². The highest BCUT2D eigenvalue weighted by Gasteiger charge is 2.21. The van der Waals surface area contributed by atoms with Crippen molar-refractivity contribution < 1.29 is 18.4 Å². The Balaban J connectivity index is 1.56. The molecule has 1 aliphatic rings. The van der Waals surface area contributed by atoms with Crippen LogP contribution in [0.3, 0.4) is 0 Å². The molecule has 1 heterocycles.